The van der Waals surface area contributed by atoms with Gasteiger partial charge in [-0.15, -0.1) is 11.8 Å². The average molecular weight is 303 g/mol. The van der Waals surface area contributed by atoms with E-state index in [-0.39, 0.29) is 11.9 Å². The van der Waals surface area contributed by atoms with Crippen molar-refractivity contribution in [3.63, 3.8) is 0 Å². The summed E-state index contributed by atoms with van der Waals surface area (Å²) in [5.41, 5.74) is 2.06. The summed E-state index contributed by atoms with van der Waals surface area (Å²) in [6, 6.07) is 15.9. The van der Waals surface area contributed by atoms with Gasteiger partial charge in [0.25, 0.3) is 0 Å². The van der Waals surface area contributed by atoms with Crippen LogP contribution < -0.4 is 5.32 Å². The third kappa shape index (κ3) is 5.18. The summed E-state index contributed by atoms with van der Waals surface area (Å²) >= 11 is 1.82. The molecule has 21 heavy (non-hydrogen) atoms. The van der Waals surface area contributed by atoms with Gasteiger partial charge in [0.15, 0.2) is 0 Å². The first kappa shape index (κ1) is 16.1. The van der Waals surface area contributed by atoms with Crippen LogP contribution in [0.5, 0.6) is 0 Å². The molecule has 0 bridgehead atoms. The van der Waals surface area contributed by atoms with Crippen molar-refractivity contribution in [3.8, 4) is 0 Å². The molecule has 0 saturated heterocycles. The molecule has 1 unspecified atom stereocenters. The van der Waals surface area contributed by atoms with E-state index in [4.69, 9.17) is 0 Å². The molecule has 2 aromatic rings. The van der Waals surface area contributed by atoms with E-state index in [1.807, 2.05) is 23.9 Å². The molecule has 0 aliphatic rings. The Morgan fingerprint density at radius 1 is 1.10 bits per heavy atom. The molecule has 0 radical (unpaired) electrons. The lowest BCUT2D eigenvalue weighted by molar-refractivity contribution is 0.545. The average Bonchev–Trinajstić information content (AvgIpc) is 2.49. The van der Waals surface area contributed by atoms with Crippen LogP contribution in [0.4, 0.5) is 4.39 Å². The number of aryl methyl sites for hydroxylation is 1. The highest BCUT2D eigenvalue weighted by atomic mass is 32.2. The third-order valence-electron chi connectivity index (χ3n) is 3.39. The topological polar surface area (TPSA) is 12.0 Å². The van der Waals surface area contributed by atoms with Crippen LogP contribution in [0.1, 0.15) is 18.1 Å². The summed E-state index contributed by atoms with van der Waals surface area (Å²) in [5, 5.41) is 3.45. The number of halogens is 1. The van der Waals surface area contributed by atoms with E-state index >= 15 is 0 Å². The smallest absolute Gasteiger partial charge is 0.126 e. The fraction of sp³-hybridized carbons (Fsp3) is 0.333. The summed E-state index contributed by atoms with van der Waals surface area (Å²) in [6.07, 6.45) is 0.722. The van der Waals surface area contributed by atoms with Crippen molar-refractivity contribution >= 4 is 11.8 Å². The largest absolute Gasteiger partial charge is 0.313 e. The highest BCUT2D eigenvalue weighted by Gasteiger charge is 2.11. The van der Waals surface area contributed by atoms with Gasteiger partial charge in [0.05, 0.1) is 0 Å². The molecule has 0 fully saturated rings. The molecule has 3 heteroatoms. The first-order valence-electron chi connectivity index (χ1n) is 7.35. The molecule has 1 N–H and O–H groups in total. The molecule has 2 aromatic carbocycles. The van der Waals surface area contributed by atoms with Gasteiger partial charge in [0.1, 0.15) is 5.82 Å². The number of rotatable bonds is 7. The SMILES string of the molecule is CCNC(CSc1ccc(C)cc1)Cc1ccccc1F. The summed E-state index contributed by atoms with van der Waals surface area (Å²) < 4.78 is 13.8. The standard InChI is InChI=1S/C18H22FNS/c1-3-20-16(12-15-6-4-5-7-18(15)19)13-21-17-10-8-14(2)9-11-17/h4-11,16,20H,3,12-13H2,1-2H3. The highest BCUT2D eigenvalue weighted by molar-refractivity contribution is 7.99. The van der Waals surface area contributed by atoms with Gasteiger partial charge in [-0.2, -0.15) is 0 Å². The van der Waals surface area contributed by atoms with Gasteiger partial charge in [-0.05, 0) is 43.7 Å². The van der Waals surface area contributed by atoms with E-state index in [1.165, 1.54) is 16.5 Å². The summed E-state index contributed by atoms with van der Waals surface area (Å²) in [7, 11) is 0. The minimum Gasteiger partial charge on any atom is -0.313 e. The van der Waals surface area contributed by atoms with Gasteiger partial charge in [-0.25, -0.2) is 4.39 Å². The zero-order chi connectivity index (χ0) is 15.1. The lowest BCUT2D eigenvalue weighted by atomic mass is 10.1. The number of thioether (sulfide) groups is 1. The molecule has 1 atom stereocenters. The number of hydrogen-bond acceptors (Lipinski definition) is 2. The van der Waals surface area contributed by atoms with Crippen molar-refractivity contribution in [2.45, 2.75) is 31.2 Å². The summed E-state index contributed by atoms with van der Waals surface area (Å²) in [4.78, 5) is 1.26. The first-order chi connectivity index (χ1) is 10.2. The van der Waals surface area contributed by atoms with Crippen molar-refractivity contribution in [2.75, 3.05) is 12.3 Å². The van der Waals surface area contributed by atoms with Crippen molar-refractivity contribution in [3.05, 3.63) is 65.5 Å². The Morgan fingerprint density at radius 2 is 1.81 bits per heavy atom. The van der Waals surface area contributed by atoms with Gasteiger partial charge in [-0.1, -0.05) is 42.8 Å². The summed E-state index contributed by atoms with van der Waals surface area (Å²) in [6.45, 7) is 5.08. The molecular formula is C18H22FNS. The Balaban J connectivity index is 1.95. The van der Waals surface area contributed by atoms with E-state index in [0.717, 1.165) is 24.3 Å². The van der Waals surface area contributed by atoms with Gasteiger partial charge in [0.2, 0.25) is 0 Å². The molecule has 0 aromatic heterocycles. The van der Waals surface area contributed by atoms with E-state index in [2.05, 4.69) is 43.4 Å². The zero-order valence-corrected chi connectivity index (χ0v) is 13.4. The maximum absolute atomic E-state index is 13.8. The molecule has 0 heterocycles. The van der Waals surface area contributed by atoms with Crippen LogP contribution in [0.25, 0.3) is 0 Å². The number of likely N-dealkylation sites (N-methyl/N-ethyl adjacent to an activating group) is 1. The van der Waals surface area contributed by atoms with Crippen LogP contribution in [0.2, 0.25) is 0 Å². The van der Waals surface area contributed by atoms with E-state index in [9.17, 15) is 4.39 Å². The minimum atomic E-state index is -0.110. The number of hydrogen-bond donors (Lipinski definition) is 1. The maximum atomic E-state index is 13.8. The van der Waals surface area contributed by atoms with Gasteiger partial charge >= 0.3 is 0 Å². The molecule has 112 valence electrons. The Kier molecular flexibility index (Phi) is 6.27. The molecule has 0 amide bonds. The Morgan fingerprint density at radius 3 is 2.48 bits per heavy atom. The van der Waals surface area contributed by atoms with Crippen molar-refractivity contribution < 1.29 is 4.39 Å². The second kappa shape index (κ2) is 8.20. The van der Waals surface area contributed by atoms with Crippen LogP contribution in [-0.2, 0) is 6.42 Å². The quantitative estimate of drug-likeness (QED) is 0.759. The minimum absolute atomic E-state index is 0.110. The van der Waals surface area contributed by atoms with Gasteiger partial charge in [0, 0.05) is 16.7 Å². The molecule has 2 rings (SSSR count). The number of nitrogens with one attached hydrogen (secondary N) is 1. The second-order valence-electron chi connectivity index (χ2n) is 5.17. The van der Waals surface area contributed by atoms with E-state index in [0.29, 0.717) is 0 Å². The second-order valence-corrected chi connectivity index (χ2v) is 6.27. The maximum Gasteiger partial charge on any atom is 0.126 e. The van der Waals surface area contributed by atoms with Crippen molar-refractivity contribution in [2.24, 2.45) is 0 Å². The Labute approximate surface area is 131 Å². The molecule has 0 aliphatic heterocycles. The fourth-order valence-corrected chi connectivity index (χ4v) is 3.20. The lowest BCUT2D eigenvalue weighted by Crippen LogP contribution is -2.33. The van der Waals surface area contributed by atoms with Crippen LogP contribution in [0.3, 0.4) is 0 Å². The number of benzene rings is 2. The predicted octanol–water partition coefficient (Wildman–Crippen LogP) is 4.45. The van der Waals surface area contributed by atoms with Crippen molar-refractivity contribution in [1.82, 2.24) is 5.32 Å². The van der Waals surface area contributed by atoms with Crippen molar-refractivity contribution in [1.29, 1.82) is 0 Å². The van der Waals surface area contributed by atoms with Gasteiger partial charge < -0.3 is 5.32 Å². The molecule has 0 aliphatic carbocycles. The van der Waals surface area contributed by atoms with Gasteiger partial charge in [-0.3, -0.25) is 0 Å². The van der Waals surface area contributed by atoms with Crippen LogP contribution in [0.15, 0.2) is 53.4 Å². The lowest BCUT2D eigenvalue weighted by Gasteiger charge is -2.18. The molecule has 1 nitrogen and oxygen atoms in total. The highest BCUT2D eigenvalue weighted by Crippen LogP contribution is 2.21. The monoisotopic (exact) mass is 303 g/mol. The zero-order valence-electron chi connectivity index (χ0n) is 12.6. The van der Waals surface area contributed by atoms with E-state index < -0.39 is 0 Å². The van der Waals surface area contributed by atoms with Crippen LogP contribution in [0, 0.1) is 12.7 Å². The van der Waals surface area contributed by atoms with Crippen LogP contribution in [-0.4, -0.2) is 18.3 Å². The van der Waals surface area contributed by atoms with Crippen LogP contribution >= 0.6 is 11.8 Å². The summed E-state index contributed by atoms with van der Waals surface area (Å²) in [5.74, 6) is 0.825. The Bertz CT molecular complexity index is 553. The fourth-order valence-electron chi connectivity index (χ4n) is 2.24. The normalized spacial score (nSPS) is 12.3. The molecule has 0 saturated carbocycles. The first-order valence-corrected chi connectivity index (χ1v) is 8.34. The Hall–Kier alpha value is -1.32. The third-order valence-corrected chi connectivity index (χ3v) is 4.56. The van der Waals surface area contributed by atoms with E-state index in [1.54, 1.807) is 6.07 Å². The molecular weight excluding hydrogens is 281 g/mol. The molecule has 0 spiro atoms. The predicted molar refractivity (Wildman–Crippen MR) is 89.5 cm³/mol.